The van der Waals surface area contributed by atoms with Crippen molar-refractivity contribution in [3.8, 4) is 11.5 Å². The molecule has 6 heteroatoms. The summed E-state index contributed by atoms with van der Waals surface area (Å²) in [6, 6.07) is 36.3. The van der Waals surface area contributed by atoms with E-state index in [0.717, 1.165) is 0 Å². The van der Waals surface area contributed by atoms with Gasteiger partial charge < -0.3 is 9.47 Å². The SMILES string of the molecule is O=C(Oc1ccc(C(=O)c2ccccc2)cc1)c1cccc(C(=O)Oc2ccc(C(=O)c3ccccc3)cc2)c1. The molecular formula is C34H22O6. The van der Waals surface area contributed by atoms with E-state index in [1.807, 2.05) is 12.1 Å². The molecule has 0 radical (unpaired) electrons. The molecule has 0 spiro atoms. The second-order valence-corrected chi connectivity index (χ2v) is 8.80. The number of carbonyl (C=O) groups is 4. The maximum atomic E-state index is 12.7. The molecule has 5 rings (SSSR count). The summed E-state index contributed by atoms with van der Waals surface area (Å²) in [5, 5.41) is 0. The molecule has 0 aliphatic rings. The molecule has 0 aliphatic carbocycles. The lowest BCUT2D eigenvalue weighted by atomic mass is 10.0. The van der Waals surface area contributed by atoms with Crippen LogP contribution >= 0.6 is 0 Å². The number of rotatable bonds is 8. The maximum absolute atomic E-state index is 12.7. The van der Waals surface area contributed by atoms with E-state index >= 15 is 0 Å². The Labute approximate surface area is 230 Å². The van der Waals surface area contributed by atoms with Crippen LogP contribution in [-0.4, -0.2) is 23.5 Å². The standard InChI is InChI=1S/C34H22O6/c35-31(23-8-3-1-4-9-23)25-14-18-29(19-15-25)39-33(37)27-12-7-13-28(22-27)34(38)40-30-20-16-26(17-21-30)32(36)24-10-5-2-6-11-24/h1-22H. The normalized spacial score (nSPS) is 10.4. The number of hydrogen-bond donors (Lipinski definition) is 0. The van der Waals surface area contributed by atoms with E-state index in [-0.39, 0.29) is 34.2 Å². The summed E-state index contributed by atoms with van der Waals surface area (Å²) in [7, 11) is 0. The third-order valence-corrected chi connectivity index (χ3v) is 6.06. The Morgan fingerprint density at radius 1 is 0.350 bits per heavy atom. The molecule has 0 unspecified atom stereocenters. The van der Waals surface area contributed by atoms with Crippen LogP contribution in [0.5, 0.6) is 11.5 Å². The van der Waals surface area contributed by atoms with Crippen LogP contribution in [0.15, 0.2) is 133 Å². The average Bonchev–Trinajstić information content (AvgIpc) is 3.02. The third kappa shape index (κ3) is 6.09. The van der Waals surface area contributed by atoms with E-state index in [4.69, 9.17) is 9.47 Å². The summed E-state index contributed by atoms with van der Waals surface area (Å²) in [5.74, 6) is -1.09. The molecule has 0 bridgehead atoms. The first-order valence-corrected chi connectivity index (χ1v) is 12.4. The van der Waals surface area contributed by atoms with Crippen molar-refractivity contribution in [2.75, 3.05) is 0 Å². The lowest BCUT2D eigenvalue weighted by Gasteiger charge is -2.08. The molecule has 0 amide bonds. The minimum Gasteiger partial charge on any atom is -0.423 e. The van der Waals surface area contributed by atoms with Gasteiger partial charge in [0.2, 0.25) is 0 Å². The highest BCUT2D eigenvalue weighted by atomic mass is 16.5. The molecule has 0 aromatic heterocycles. The molecule has 194 valence electrons. The van der Waals surface area contributed by atoms with Crippen molar-refractivity contribution in [3.05, 3.63) is 167 Å². The number of esters is 2. The van der Waals surface area contributed by atoms with Crippen LogP contribution in [0.3, 0.4) is 0 Å². The van der Waals surface area contributed by atoms with Gasteiger partial charge >= 0.3 is 11.9 Å². The molecule has 6 nitrogen and oxygen atoms in total. The molecule has 40 heavy (non-hydrogen) atoms. The van der Waals surface area contributed by atoms with Crippen molar-refractivity contribution in [3.63, 3.8) is 0 Å². The highest BCUT2D eigenvalue weighted by Gasteiger charge is 2.16. The number of ether oxygens (including phenoxy) is 2. The van der Waals surface area contributed by atoms with E-state index in [2.05, 4.69) is 0 Å². The van der Waals surface area contributed by atoms with Crippen molar-refractivity contribution in [2.45, 2.75) is 0 Å². The van der Waals surface area contributed by atoms with Crippen molar-refractivity contribution < 1.29 is 28.7 Å². The molecule has 0 saturated carbocycles. The summed E-state index contributed by atoms with van der Waals surface area (Å²) in [6.45, 7) is 0. The van der Waals surface area contributed by atoms with Crippen LogP contribution in [0.2, 0.25) is 0 Å². The Bertz CT molecular complexity index is 1550. The average molecular weight is 527 g/mol. The minimum atomic E-state index is -0.666. The summed E-state index contributed by atoms with van der Waals surface area (Å²) in [4.78, 5) is 50.6. The smallest absolute Gasteiger partial charge is 0.343 e. The first-order chi connectivity index (χ1) is 19.5. The van der Waals surface area contributed by atoms with Gasteiger partial charge in [0.1, 0.15) is 11.5 Å². The van der Waals surface area contributed by atoms with Gasteiger partial charge in [-0.3, -0.25) is 9.59 Å². The molecule has 5 aromatic rings. The molecule has 0 saturated heterocycles. The Balaban J connectivity index is 1.21. The Kier molecular flexibility index (Phi) is 7.69. The van der Waals surface area contributed by atoms with Gasteiger partial charge in [-0.1, -0.05) is 66.7 Å². The topological polar surface area (TPSA) is 86.7 Å². The van der Waals surface area contributed by atoms with Crippen LogP contribution in [-0.2, 0) is 0 Å². The monoisotopic (exact) mass is 526 g/mol. The predicted octanol–water partition coefficient (Wildman–Crippen LogP) is 6.59. The van der Waals surface area contributed by atoms with E-state index in [0.29, 0.717) is 22.3 Å². The zero-order chi connectivity index (χ0) is 27.9. The maximum Gasteiger partial charge on any atom is 0.343 e. The summed E-state index contributed by atoms with van der Waals surface area (Å²) in [5.41, 5.74) is 2.37. The van der Waals surface area contributed by atoms with E-state index in [9.17, 15) is 19.2 Å². The van der Waals surface area contributed by atoms with E-state index in [1.54, 1.807) is 103 Å². The number of hydrogen-bond acceptors (Lipinski definition) is 6. The second kappa shape index (κ2) is 11.8. The summed E-state index contributed by atoms with van der Waals surface area (Å²) in [6.07, 6.45) is 0. The van der Waals surface area contributed by atoms with Gasteiger partial charge in [-0.15, -0.1) is 0 Å². The van der Waals surface area contributed by atoms with Crippen LogP contribution in [0.1, 0.15) is 52.6 Å². The van der Waals surface area contributed by atoms with Gasteiger partial charge in [0.05, 0.1) is 11.1 Å². The van der Waals surface area contributed by atoms with Crippen LogP contribution in [0.4, 0.5) is 0 Å². The molecular weight excluding hydrogens is 504 g/mol. The second-order valence-electron chi connectivity index (χ2n) is 8.80. The van der Waals surface area contributed by atoms with Gasteiger partial charge in [0, 0.05) is 22.3 Å². The Morgan fingerprint density at radius 2 is 0.675 bits per heavy atom. The predicted molar refractivity (Wildman–Crippen MR) is 149 cm³/mol. The fourth-order valence-electron chi connectivity index (χ4n) is 3.97. The van der Waals surface area contributed by atoms with Gasteiger partial charge in [-0.2, -0.15) is 0 Å². The first kappa shape index (κ1) is 26.0. The lowest BCUT2D eigenvalue weighted by Crippen LogP contribution is -2.12. The molecule has 0 aliphatic heterocycles. The largest absolute Gasteiger partial charge is 0.423 e. The molecule has 0 atom stereocenters. The fraction of sp³-hybridized carbons (Fsp3) is 0. The van der Waals surface area contributed by atoms with Crippen molar-refractivity contribution in [1.82, 2.24) is 0 Å². The fourth-order valence-corrected chi connectivity index (χ4v) is 3.97. The summed E-state index contributed by atoms with van der Waals surface area (Å²) >= 11 is 0. The quantitative estimate of drug-likeness (QED) is 0.129. The molecule has 0 N–H and O–H groups in total. The summed E-state index contributed by atoms with van der Waals surface area (Å²) < 4.78 is 10.9. The molecule has 5 aromatic carbocycles. The van der Waals surface area contributed by atoms with Gasteiger partial charge in [0.15, 0.2) is 11.6 Å². The highest BCUT2D eigenvalue weighted by molar-refractivity contribution is 6.09. The van der Waals surface area contributed by atoms with Crippen LogP contribution in [0, 0.1) is 0 Å². The van der Waals surface area contributed by atoms with E-state index < -0.39 is 11.9 Å². The van der Waals surface area contributed by atoms with Crippen molar-refractivity contribution >= 4 is 23.5 Å². The number of benzene rings is 5. The number of ketones is 2. The highest BCUT2D eigenvalue weighted by Crippen LogP contribution is 2.20. The molecule has 0 heterocycles. The van der Waals surface area contributed by atoms with Crippen LogP contribution in [0.25, 0.3) is 0 Å². The Morgan fingerprint density at radius 3 is 1.05 bits per heavy atom. The number of carbonyl (C=O) groups excluding carboxylic acids is 4. The van der Waals surface area contributed by atoms with Crippen LogP contribution < -0.4 is 9.47 Å². The first-order valence-electron chi connectivity index (χ1n) is 12.4. The van der Waals surface area contributed by atoms with Gasteiger partial charge in [-0.25, -0.2) is 9.59 Å². The van der Waals surface area contributed by atoms with Crippen molar-refractivity contribution in [1.29, 1.82) is 0 Å². The van der Waals surface area contributed by atoms with Crippen molar-refractivity contribution in [2.24, 2.45) is 0 Å². The zero-order valence-corrected chi connectivity index (χ0v) is 21.2. The third-order valence-electron chi connectivity index (χ3n) is 6.06. The van der Waals surface area contributed by atoms with Gasteiger partial charge in [-0.05, 0) is 66.7 Å². The Hall–Kier alpha value is -5.62. The van der Waals surface area contributed by atoms with Gasteiger partial charge in [0.25, 0.3) is 0 Å². The molecule has 0 fully saturated rings. The van der Waals surface area contributed by atoms with E-state index in [1.165, 1.54) is 18.2 Å². The zero-order valence-electron chi connectivity index (χ0n) is 21.2. The minimum absolute atomic E-state index is 0.137. The lowest BCUT2D eigenvalue weighted by molar-refractivity contribution is 0.0734.